The molecule has 1 fully saturated rings. The largest absolute Gasteiger partial charge is 0.483 e. The van der Waals surface area contributed by atoms with E-state index in [1.54, 1.807) is 0 Å². The van der Waals surface area contributed by atoms with Gasteiger partial charge in [0.15, 0.2) is 6.61 Å². The number of amides is 1. The summed E-state index contributed by atoms with van der Waals surface area (Å²) in [6.07, 6.45) is 0. The molecule has 2 rings (SSSR count). The van der Waals surface area contributed by atoms with E-state index < -0.39 is 0 Å². The van der Waals surface area contributed by atoms with E-state index in [0.29, 0.717) is 30.0 Å². The molecule has 0 aromatic heterocycles. The Kier molecular flexibility index (Phi) is 4.42. The van der Waals surface area contributed by atoms with Crippen molar-refractivity contribution in [1.82, 2.24) is 5.32 Å². The van der Waals surface area contributed by atoms with Crippen LogP contribution in [0.25, 0.3) is 0 Å². The van der Waals surface area contributed by atoms with Crippen LogP contribution in [-0.4, -0.2) is 32.3 Å². The van der Waals surface area contributed by atoms with E-state index in [9.17, 15) is 9.18 Å². The summed E-state index contributed by atoms with van der Waals surface area (Å²) in [6.45, 7) is 3.85. The molecule has 1 saturated heterocycles. The Labute approximate surface area is 119 Å². The van der Waals surface area contributed by atoms with E-state index in [1.165, 1.54) is 18.2 Å². The van der Waals surface area contributed by atoms with Crippen molar-refractivity contribution in [2.24, 2.45) is 5.41 Å². The Bertz CT molecular complexity index is 477. The van der Waals surface area contributed by atoms with Crippen LogP contribution in [-0.2, 0) is 9.53 Å². The lowest BCUT2D eigenvalue weighted by atomic mass is 9.89. The van der Waals surface area contributed by atoms with Gasteiger partial charge in [0.25, 0.3) is 5.91 Å². The summed E-state index contributed by atoms with van der Waals surface area (Å²) in [4.78, 5) is 11.6. The van der Waals surface area contributed by atoms with Crippen molar-refractivity contribution in [2.45, 2.75) is 6.92 Å². The molecular formula is C13H15BrFNO3. The van der Waals surface area contributed by atoms with Gasteiger partial charge in [-0.05, 0) is 34.1 Å². The smallest absolute Gasteiger partial charge is 0.257 e. The molecule has 6 heteroatoms. The van der Waals surface area contributed by atoms with Crippen LogP contribution in [0.5, 0.6) is 5.75 Å². The number of benzene rings is 1. The highest BCUT2D eigenvalue weighted by Crippen LogP contribution is 2.26. The summed E-state index contributed by atoms with van der Waals surface area (Å²) in [7, 11) is 0. The molecule has 1 aliphatic rings. The number of rotatable bonds is 5. The van der Waals surface area contributed by atoms with Crippen molar-refractivity contribution in [1.29, 1.82) is 0 Å². The highest BCUT2D eigenvalue weighted by molar-refractivity contribution is 9.10. The lowest BCUT2D eigenvalue weighted by Gasteiger charge is -2.37. The second kappa shape index (κ2) is 5.88. The van der Waals surface area contributed by atoms with Crippen LogP contribution in [0.2, 0.25) is 0 Å². The molecule has 104 valence electrons. The van der Waals surface area contributed by atoms with Gasteiger partial charge < -0.3 is 14.8 Å². The molecule has 1 aliphatic heterocycles. The first-order valence-electron chi connectivity index (χ1n) is 5.91. The van der Waals surface area contributed by atoms with Crippen LogP contribution in [0, 0.1) is 11.2 Å². The Morgan fingerprint density at radius 3 is 2.89 bits per heavy atom. The zero-order valence-electron chi connectivity index (χ0n) is 10.5. The number of nitrogens with one attached hydrogen (secondary N) is 1. The second-order valence-corrected chi connectivity index (χ2v) is 5.80. The second-order valence-electron chi connectivity index (χ2n) is 4.94. The van der Waals surface area contributed by atoms with Gasteiger partial charge in [-0.1, -0.05) is 6.92 Å². The summed E-state index contributed by atoms with van der Waals surface area (Å²) >= 11 is 3.18. The minimum Gasteiger partial charge on any atom is -0.483 e. The molecular weight excluding hydrogens is 317 g/mol. The van der Waals surface area contributed by atoms with Gasteiger partial charge in [-0.2, -0.15) is 0 Å². The molecule has 0 saturated carbocycles. The van der Waals surface area contributed by atoms with Crippen molar-refractivity contribution in [3.63, 3.8) is 0 Å². The predicted octanol–water partition coefficient (Wildman–Crippen LogP) is 2.12. The predicted molar refractivity (Wildman–Crippen MR) is 71.5 cm³/mol. The van der Waals surface area contributed by atoms with E-state index in [0.717, 1.165) is 0 Å². The fourth-order valence-electron chi connectivity index (χ4n) is 1.65. The molecule has 19 heavy (non-hydrogen) atoms. The van der Waals surface area contributed by atoms with Crippen molar-refractivity contribution in [2.75, 3.05) is 26.4 Å². The van der Waals surface area contributed by atoms with Gasteiger partial charge in [0, 0.05) is 12.0 Å². The number of ether oxygens (including phenoxy) is 2. The molecule has 1 aromatic rings. The third-order valence-electron chi connectivity index (χ3n) is 2.87. The SMILES string of the molecule is CC1(CNC(=O)COc2ccc(F)cc2Br)COC1. The van der Waals surface area contributed by atoms with E-state index in [2.05, 4.69) is 21.2 Å². The van der Waals surface area contributed by atoms with Gasteiger partial charge in [0.05, 0.1) is 17.7 Å². The van der Waals surface area contributed by atoms with Gasteiger partial charge in [-0.25, -0.2) is 4.39 Å². The third kappa shape index (κ3) is 3.91. The quantitative estimate of drug-likeness (QED) is 0.899. The number of hydrogen-bond acceptors (Lipinski definition) is 3. The topological polar surface area (TPSA) is 47.6 Å². The van der Waals surface area contributed by atoms with Crippen LogP contribution in [0.1, 0.15) is 6.92 Å². The molecule has 0 aliphatic carbocycles. The molecule has 0 radical (unpaired) electrons. The number of carbonyl (C=O) groups excluding carboxylic acids is 1. The average Bonchev–Trinajstić information content (AvgIpc) is 2.33. The van der Waals surface area contributed by atoms with Crippen molar-refractivity contribution in [3.05, 3.63) is 28.5 Å². The number of halogens is 2. The highest BCUT2D eigenvalue weighted by atomic mass is 79.9. The van der Waals surface area contributed by atoms with E-state index >= 15 is 0 Å². The van der Waals surface area contributed by atoms with Crippen molar-refractivity contribution < 1.29 is 18.7 Å². The normalized spacial score (nSPS) is 16.6. The van der Waals surface area contributed by atoms with Gasteiger partial charge in [-0.15, -0.1) is 0 Å². The summed E-state index contributed by atoms with van der Waals surface area (Å²) in [5.74, 6) is -0.124. The lowest BCUT2D eigenvalue weighted by Crippen LogP contribution is -2.49. The number of carbonyl (C=O) groups is 1. The summed E-state index contributed by atoms with van der Waals surface area (Å²) in [5.41, 5.74) is 0.0338. The molecule has 1 amide bonds. The minimum absolute atomic E-state index is 0.0338. The van der Waals surface area contributed by atoms with E-state index in [4.69, 9.17) is 9.47 Å². The van der Waals surface area contributed by atoms with Crippen LogP contribution in [0.15, 0.2) is 22.7 Å². The Hall–Kier alpha value is -1.14. The van der Waals surface area contributed by atoms with E-state index in [1.807, 2.05) is 6.92 Å². The molecule has 4 nitrogen and oxygen atoms in total. The molecule has 0 spiro atoms. The van der Waals surface area contributed by atoms with Crippen LogP contribution >= 0.6 is 15.9 Å². The Morgan fingerprint density at radius 1 is 1.58 bits per heavy atom. The fourth-order valence-corrected chi connectivity index (χ4v) is 2.12. The Balaban J connectivity index is 1.76. The van der Waals surface area contributed by atoms with Gasteiger partial charge in [0.2, 0.25) is 0 Å². The van der Waals surface area contributed by atoms with Gasteiger partial charge in [-0.3, -0.25) is 4.79 Å². The number of hydrogen-bond donors (Lipinski definition) is 1. The third-order valence-corrected chi connectivity index (χ3v) is 3.49. The highest BCUT2D eigenvalue weighted by Gasteiger charge is 2.33. The fraction of sp³-hybridized carbons (Fsp3) is 0.462. The van der Waals surface area contributed by atoms with E-state index in [-0.39, 0.29) is 23.7 Å². The maximum Gasteiger partial charge on any atom is 0.257 e. The minimum atomic E-state index is -0.360. The molecule has 0 atom stereocenters. The standard InChI is InChI=1S/C13H15BrFNO3/c1-13(7-18-8-13)6-16-12(17)5-19-11-3-2-9(15)4-10(11)14/h2-4H,5-8H2,1H3,(H,16,17). The molecule has 1 heterocycles. The summed E-state index contributed by atoms with van der Waals surface area (Å²) in [6, 6.07) is 4.05. The van der Waals surface area contributed by atoms with Gasteiger partial charge in [0.1, 0.15) is 11.6 Å². The summed E-state index contributed by atoms with van der Waals surface area (Å²) < 4.78 is 23.8. The lowest BCUT2D eigenvalue weighted by molar-refractivity contribution is -0.128. The Morgan fingerprint density at radius 2 is 2.32 bits per heavy atom. The maximum absolute atomic E-state index is 12.9. The van der Waals surface area contributed by atoms with Crippen molar-refractivity contribution >= 4 is 21.8 Å². The average molecular weight is 332 g/mol. The molecule has 1 N–H and O–H groups in total. The first-order chi connectivity index (χ1) is 8.98. The van der Waals surface area contributed by atoms with Crippen LogP contribution in [0.4, 0.5) is 4.39 Å². The first-order valence-corrected chi connectivity index (χ1v) is 6.70. The molecule has 0 bridgehead atoms. The maximum atomic E-state index is 12.9. The summed E-state index contributed by atoms with van der Waals surface area (Å²) in [5, 5.41) is 2.79. The molecule has 0 unspecified atom stereocenters. The molecule has 1 aromatic carbocycles. The first kappa shape index (κ1) is 14.3. The van der Waals surface area contributed by atoms with Crippen molar-refractivity contribution in [3.8, 4) is 5.75 Å². The van der Waals surface area contributed by atoms with Crippen LogP contribution in [0.3, 0.4) is 0 Å². The monoisotopic (exact) mass is 331 g/mol. The zero-order chi connectivity index (χ0) is 13.9. The van der Waals surface area contributed by atoms with Gasteiger partial charge >= 0.3 is 0 Å². The zero-order valence-corrected chi connectivity index (χ0v) is 12.1. The van der Waals surface area contributed by atoms with Crippen LogP contribution < -0.4 is 10.1 Å².